The van der Waals surface area contributed by atoms with Crippen LogP contribution in [0.4, 0.5) is 17.1 Å². The first kappa shape index (κ1) is 26.8. The molecule has 0 bridgehead atoms. The quantitative estimate of drug-likeness (QED) is 0.409. The second-order valence-corrected chi connectivity index (χ2v) is 11.3. The van der Waals surface area contributed by atoms with Gasteiger partial charge in [-0.1, -0.05) is 0 Å². The number of hydrogen-bond donors (Lipinski definition) is 2. The number of nitrogens with one attached hydrogen (secondary N) is 2. The molecule has 10 nitrogen and oxygen atoms in total. The van der Waals surface area contributed by atoms with Crippen LogP contribution in [0.15, 0.2) is 77.7 Å². The molecule has 0 saturated heterocycles. The van der Waals surface area contributed by atoms with Gasteiger partial charge < -0.3 is 14.8 Å². The van der Waals surface area contributed by atoms with E-state index in [-0.39, 0.29) is 4.90 Å². The fourth-order valence-electron chi connectivity index (χ4n) is 3.38. The molecule has 3 aromatic rings. The molecule has 12 heteroatoms. The highest BCUT2D eigenvalue weighted by Crippen LogP contribution is 2.25. The summed E-state index contributed by atoms with van der Waals surface area (Å²) < 4.78 is 63.9. The standard InChI is InChI=1S/C24H27N3O7S2/c1-17(27(35(4,29)30)20-9-13-22(34-3)14-10-20)24(28)25-18-7-15-23(16-8-18)36(31,32)26-19-5-11-21(33-2)12-6-19/h5-17,26H,1-4H3,(H,25,28)/t17-/m0/s1. The van der Waals surface area contributed by atoms with Crippen molar-refractivity contribution in [3.8, 4) is 11.5 Å². The van der Waals surface area contributed by atoms with Crippen molar-refractivity contribution in [3.05, 3.63) is 72.8 Å². The van der Waals surface area contributed by atoms with Gasteiger partial charge in [0.1, 0.15) is 17.5 Å². The number of anilines is 3. The molecule has 1 amide bonds. The monoisotopic (exact) mass is 533 g/mol. The maximum absolute atomic E-state index is 12.9. The van der Waals surface area contributed by atoms with E-state index in [9.17, 15) is 21.6 Å². The van der Waals surface area contributed by atoms with Crippen molar-refractivity contribution in [2.75, 3.05) is 34.8 Å². The molecule has 2 N–H and O–H groups in total. The Morgan fingerprint density at radius 3 is 1.72 bits per heavy atom. The van der Waals surface area contributed by atoms with Crippen LogP contribution in [0.5, 0.6) is 11.5 Å². The van der Waals surface area contributed by atoms with Gasteiger partial charge in [-0.2, -0.15) is 0 Å². The van der Waals surface area contributed by atoms with Gasteiger partial charge in [-0.3, -0.25) is 13.8 Å². The summed E-state index contributed by atoms with van der Waals surface area (Å²) in [4.78, 5) is 12.9. The lowest BCUT2D eigenvalue weighted by molar-refractivity contribution is -0.116. The SMILES string of the molecule is COc1ccc(NS(=O)(=O)c2ccc(NC(=O)[C@H](C)N(c3ccc(OC)cc3)S(C)(=O)=O)cc2)cc1. The number of methoxy groups -OCH3 is 2. The number of carbonyl (C=O) groups is 1. The zero-order valence-electron chi connectivity index (χ0n) is 20.1. The Kier molecular flexibility index (Phi) is 8.10. The molecule has 0 aliphatic carbocycles. The summed E-state index contributed by atoms with van der Waals surface area (Å²) in [5.74, 6) is 0.540. The molecule has 0 aliphatic heterocycles. The van der Waals surface area contributed by atoms with E-state index in [1.165, 1.54) is 45.4 Å². The number of benzene rings is 3. The molecule has 36 heavy (non-hydrogen) atoms. The molecule has 0 fully saturated rings. The van der Waals surface area contributed by atoms with Crippen LogP contribution < -0.4 is 23.8 Å². The Balaban J connectivity index is 1.74. The van der Waals surface area contributed by atoms with Gasteiger partial charge in [0.2, 0.25) is 15.9 Å². The Morgan fingerprint density at radius 1 is 0.778 bits per heavy atom. The maximum Gasteiger partial charge on any atom is 0.261 e. The number of carbonyl (C=O) groups excluding carboxylic acids is 1. The number of nitrogens with zero attached hydrogens (tertiary/aromatic N) is 1. The Hall–Kier alpha value is -3.77. The van der Waals surface area contributed by atoms with E-state index in [0.29, 0.717) is 28.6 Å². The second kappa shape index (κ2) is 10.9. The summed E-state index contributed by atoms with van der Waals surface area (Å²) in [5, 5.41) is 2.63. The molecule has 0 radical (unpaired) electrons. The first-order valence-corrected chi connectivity index (χ1v) is 14.0. The van der Waals surface area contributed by atoms with Gasteiger partial charge >= 0.3 is 0 Å². The van der Waals surface area contributed by atoms with Gasteiger partial charge in [-0.25, -0.2) is 16.8 Å². The van der Waals surface area contributed by atoms with Gasteiger partial charge in [0.25, 0.3) is 10.0 Å². The van der Waals surface area contributed by atoms with E-state index >= 15 is 0 Å². The highest BCUT2D eigenvalue weighted by atomic mass is 32.2. The molecule has 3 aromatic carbocycles. The van der Waals surface area contributed by atoms with Crippen LogP contribution in [-0.2, 0) is 24.8 Å². The van der Waals surface area contributed by atoms with E-state index in [0.717, 1.165) is 10.6 Å². The van der Waals surface area contributed by atoms with Crippen molar-refractivity contribution in [1.29, 1.82) is 0 Å². The Labute approximate surface area is 211 Å². The van der Waals surface area contributed by atoms with E-state index in [1.807, 2.05) is 0 Å². The topological polar surface area (TPSA) is 131 Å². The molecule has 1 atom stereocenters. The highest BCUT2D eigenvalue weighted by Gasteiger charge is 2.29. The van der Waals surface area contributed by atoms with Gasteiger partial charge in [-0.05, 0) is 79.7 Å². The zero-order valence-corrected chi connectivity index (χ0v) is 21.8. The van der Waals surface area contributed by atoms with Crippen LogP contribution in [0.3, 0.4) is 0 Å². The van der Waals surface area contributed by atoms with E-state index < -0.39 is 32.0 Å². The molecule has 192 valence electrons. The number of sulfonamides is 2. The summed E-state index contributed by atoms with van der Waals surface area (Å²) in [7, 11) is -4.67. The van der Waals surface area contributed by atoms with Crippen molar-refractivity contribution in [1.82, 2.24) is 0 Å². The van der Waals surface area contributed by atoms with Crippen molar-refractivity contribution in [3.63, 3.8) is 0 Å². The largest absolute Gasteiger partial charge is 0.497 e. The number of rotatable bonds is 10. The van der Waals surface area contributed by atoms with Gasteiger partial charge in [-0.15, -0.1) is 0 Å². The smallest absolute Gasteiger partial charge is 0.261 e. The third-order valence-electron chi connectivity index (χ3n) is 5.19. The third-order valence-corrected chi connectivity index (χ3v) is 7.83. The zero-order chi connectivity index (χ0) is 26.5. The molecule has 0 aliphatic rings. The lowest BCUT2D eigenvalue weighted by Crippen LogP contribution is -2.45. The summed E-state index contributed by atoms with van der Waals surface area (Å²) in [6, 6.07) is 17.1. The van der Waals surface area contributed by atoms with E-state index in [4.69, 9.17) is 9.47 Å². The van der Waals surface area contributed by atoms with Crippen molar-refractivity contribution < 1.29 is 31.1 Å². The third kappa shape index (κ3) is 6.46. The molecule has 0 spiro atoms. The average molecular weight is 534 g/mol. The minimum absolute atomic E-state index is 0.0136. The fourth-order valence-corrected chi connectivity index (χ4v) is 5.61. The first-order chi connectivity index (χ1) is 16.9. The Morgan fingerprint density at radius 2 is 1.25 bits per heavy atom. The van der Waals surface area contributed by atoms with Gasteiger partial charge in [0.15, 0.2) is 0 Å². The van der Waals surface area contributed by atoms with Crippen LogP contribution >= 0.6 is 0 Å². The number of hydrogen-bond acceptors (Lipinski definition) is 7. The highest BCUT2D eigenvalue weighted by molar-refractivity contribution is 7.92. The predicted octanol–water partition coefficient (Wildman–Crippen LogP) is 3.30. The second-order valence-electron chi connectivity index (χ2n) is 7.78. The molecule has 0 saturated carbocycles. The molecule has 0 aromatic heterocycles. The molecule has 3 rings (SSSR count). The van der Waals surface area contributed by atoms with E-state index in [1.54, 1.807) is 48.5 Å². The number of ether oxygens (including phenoxy) is 2. The van der Waals surface area contributed by atoms with Gasteiger partial charge in [0, 0.05) is 11.4 Å². The van der Waals surface area contributed by atoms with Crippen molar-refractivity contribution >= 4 is 43.0 Å². The molecular weight excluding hydrogens is 506 g/mol. The average Bonchev–Trinajstić information content (AvgIpc) is 2.84. The lowest BCUT2D eigenvalue weighted by atomic mass is 10.2. The Bertz CT molecular complexity index is 1410. The van der Waals surface area contributed by atoms with Gasteiger partial charge in [0.05, 0.1) is 31.1 Å². The summed E-state index contributed by atoms with van der Waals surface area (Å²) in [5.41, 5.74) is 0.965. The fraction of sp³-hybridized carbons (Fsp3) is 0.208. The van der Waals surface area contributed by atoms with Crippen LogP contribution in [-0.4, -0.2) is 49.3 Å². The summed E-state index contributed by atoms with van der Waals surface area (Å²) >= 11 is 0. The van der Waals surface area contributed by atoms with Crippen molar-refractivity contribution in [2.45, 2.75) is 17.9 Å². The number of amides is 1. The van der Waals surface area contributed by atoms with Crippen LogP contribution in [0.2, 0.25) is 0 Å². The molecule has 0 heterocycles. The van der Waals surface area contributed by atoms with Crippen molar-refractivity contribution in [2.24, 2.45) is 0 Å². The van der Waals surface area contributed by atoms with E-state index in [2.05, 4.69) is 10.0 Å². The van der Waals surface area contributed by atoms with Crippen LogP contribution in [0.25, 0.3) is 0 Å². The predicted molar refractivity (Wildman–Crippen MR) is 139 cm³/mol. The van der Waals surface area contributed by atoms with Crippen LogP contribution in [0.1, 0.15) is 6.92 Å². The minimum Gasteiger partial charge on any atom is -0.497 e. The summed E-state index contributed by atoms with van der Waals surface area (Å²) in [6.07, 6.45) is 1.01. The van der Waals surface area contributed by atoms with Crippen LogP contribution in [0, 0.1) is 0 Å². The summed E-state index contributed by atoms with van der Waals surface area (Å²) in [6.45, 7) is 1.46. The minimum atomic E-state index is -3.87. The normalized spacial score (nSPS) is 12.3. The molecular formula is C24H27N3O7S2. The first-order valence-electron chi connectivity index (χ1n) is 10.7. The lowest BCUT2D eigenvalue weighted by Gasteiger charge is -2.28. The molecule has 0 unspecified atom stereocenters. The maximum atomic E-state index is 12.9.